The van der Waals surface area contributed by atoms with Crippen LogP contribution in [-0.2, 0) is 4.79 Å². The Balaban J connectivity index is 1.84. The summed E-state index contributed by atoms with van der Waals surface area (Å²) >= 11 is 3.58. The maximum Gasteiger partial charge on any atom is 0.244 e. The Bertz CT molecular complexity index is 467. The second kappa shape index (κ2) is 4.54. The molecule has 0 aromatic carbocycles. The van der Waals surface area contributed by atoms with Gasteiger partial charge in [0.15, 0.2) is 0 Å². The molecule has 2 heterocycles. The number of rotatable bonds is 4. The predicted molar refractivity (Wildman–Crippen MR) is 77.0 cm³/mol. The largest absolute Gasteiger partial charge is 0.320 e. The highest BCUT2D eigenvalue weighted by Gasteiger charge is 2.59. The molecule has 98 valence electrons. The summed E-state index contributed by atoms with van der Waals surface area (Å²) in [5.41, 5.74) is -0.207. The van der Waals surface area contributed by atoms with Crippen LogP contribution >= 0.6 is 23.1 Å². The molecule has 1 saturated carbocycles. The zero-order valence-electron chi connectivity index (χ0n) is 10.7. The number of thioether (sulfide) groups is 1. The van der Waals surface area contributed by atoms with E-state index in [4.69, 9.17) is 0 Å². The van der Waals surface area contributed by atoms with Crippen LogP contribution in [-0.4, -0.2) is 34.9 Å². The quantitative estimate of drug-likeness (QED) is 0.920. The van der Waals surface area contributed by atoms with Crippen LogP contribution in [0.25, 0.3) is 0 Å². The first-order valence-electron chi connectivity index (χ1n) is 6.30. The van der Waals surface area contributed by atoms with Gasteiger partial charge in [-0.25, -0.2) is 0 Å². The second-order valence-corrected chi connectivity index (χ2v) is 7.37. The molecule has 18 heavy (non-hydrogen) atoms. The Morgan fingerprint density at radius 1 is 1.56 bits per heavy atom. The van der Waals surface area contributed by atoms with Crippen molar-refractivity contribution in [2.75, 3.05) is 18.6 Å². The monoisotopic (exact) mass is 282 g/mol. The van der Waals surface area contributed by atoms with Crippen LogP contribution in [0, 0.1) is 6.92 Å². The van der Waals surface area contributed by atoms with Gasteiger partial charge in [0, 0.05) is 22.1 Å². The standard InChI is InChI=1S/C13H18N2OS2/c1-9-3-4-10(18-9)11-14-13(5-6-13)12(16)15(11)7-8-17-2/h3-4,11,14H,5-8H2,1-2H3. The molecule has 1 aromatic rings. The van der Waals surface area contributed by atoms with E-state index < -0.39 is 0 Å². The number of nitrogens with one attached hydrogen (secondary N) is 1. The molecule has 1 unspecified atom stereocenters. The molecule has 1 aliphatic heterocycles. The fourth-order valence-corrected chi connectivity index (χ4v) is 3.84. The van der Waals surface area contributed by atoms with Gasteiger partial charge in [0.2, 0.25) is 5.91 Å². The second-order valence-electron chi connectivity index (χ2n) is 5.07. The highest BCUT2D eigenvalue weighted by Crippen LogP contribution is 2.46. The number of amides is 1. The number of aryl methyl sites for hydroxylation is 1. The van der Waals surface area contributed by atoms with Gasteiger partial charge in [-0.1, -0.05) is 0 Å². The molecule has 1 N–H and O–H groups in total. The minimum absolute atomic E-state index is 0.103. The Hall–Kier alpha value is -0.520. The fraction of sp³-hybridized carbons (Fsp3) is 0.615. The van der Waals surface area contributed by atoms with Gasteiger partial charge in [0.1, 0.15) is 11.7 Å². The van der Waals surface area contributed by atoms with Crippen LogP contribution < -0.4 is 5.32 Å². The van der Waals surface area contributed by atoms with Crippen LogP contribution in [0.1, 0.15) is 28.8 Å². The predicted octanol–water partition coefficient (Wildman–Crippen LogP) is 2.38. The van der Waals surface area contributed by atoms with E-state index >= 15 is 0 Å². The molecular weight excluding hydrogens is 264 g/mol. The Morgan fingerprint density at radius 2 is 2.33 bits per heavy atom. The molecule has 2 aliphatic rings. The normalized spacial score (nSPS) is 25.1. The van der Waals surface area contributed by atoms with Gasteiger partial charge in [0.05, 0.1) is 0 Å². The summed E-state index contributed by atoms with van der Waals surface area (Å²) in [6, 6.07) is 4.29. The van der Waals surface area contributed by atoms with Crippen molar-refractivity contribution in [3.63, 3.8) is 0 Å². The summed E-state index contributed by atoms with van der Waals surface area (Å²) in [6.45, 7) is 2.96. The van der Waals surface area contributed by atoms with Crippen molar-refractivity contribution in [1.82, 2.24) is 10.2 Å². The zero-order valence-corrected chi connectivity index (χ0v) is 12.4. The van der Waals surface area contributed by atoms with Crippen molar-refractivity contribution in [1.29, 1.82) is 0 Å². The SMILES string of the molecule is CSCCN1C(=O)C2(CC2)NC1c1ccc(C)s1. The van der Waals surface area contributed by atoms with Gasteiger partial charge < -0.3 is 4.90 Å². The molecule has 1 aliphatic carbocycles. The van der Waals surface area contributed by atoms with E-state index in [-0.39, 0.29) is 11.7 Å². The van der Waals surface area contributed by atoms with Crippen LogP contribution in [0.15, 0.2) is 12.1 Å². The Kier molecular flexibility index (Phi) is 3.16. The molecule has 3 rings (SSSR count). The molecule has 1 atom stereocenters. The lowest BCUT2D eigenvalue weighted by atomic mass is 10.3. The number of carbonyl (C=O) groups excluding carboxylic acids is 1. The molecule has 5 heteroatoms. The molecule has 2 fully saturated rings. The van der Waals surface area contributed by atoms with E-state index in [9.17, 15) is 4.79 Å². The van der Waals surface area contributed by atoms with Crippen LogP contribution in [0.5, 0.6) is 0 Å². The lowest BCUT2D eigenvalue weighted by Gasteiger charge is -2.22. The lowest BCUT2D eigenvalue weighted by molar-refractivity contribution is -0.130. The van der Waals surface area contributed by atoms with E-state index in [1.165, 1.54) is 9.75 Å². The fourth-order valence-electron chi connectivity index (χ4n) is 2.52. The van der Waals surface area contributed by atoms with E-state index in [0.29, 0.717) is 5.91 Å². The van der Waals surface area contributed by atoms with E-state index in [1.54, 1.807) is 23.1 Å². The first kappa shape index (κ1) is 12.5. The van der Waals surface area contributed by atoms with E-state index in [2.05, 4.69) is 30.6 Å². The highest BCUT2D eigenvalue weighted by molar-refractivity contribution is 7.98. The molecule has 1 spiro atoms. The van der Waals surface area contributed by atoms with Crippen LogP contribution in [0.4, 0.5) is 0 Å². The summed E-state index contributed by atoms with van der Waals surface area (Å²) in [7, 11) is 0. The minimum Gasteiger partial charge on any atom is -0.320 e. The average molecular weight is 282 g/mol. The lowest BCUT2D eigenvalue weighted by Crippen LogP contribution is -2.33. The van der Waals surface area contributed by atoms with Gasteiger partial charge in [-0.05, 0) is 38.2 Å². The number of nitrogens with zero attached hydrogens (tertiary/aromatic N) is 1. The smallest absolute Gasteiger partial charge is 0.244 e. The summed E-state index contributed by atoms with van der Waals surface area (Å²) in [4.78, 5) is 17.1. The average Bonchev–Trinajstić information content (AvgIpc) is 2.94. The van der Waals surface area contributed by atoms with Gasteiger partial charge in [0.25, 0.3) is 0 Å². The summed E-state index contributed by atoms with van der Waals surface area (Å²) < 4.78 is 0. The summed E-state index contributed by atoms with van der Waals surface area (Å²) in [5.74, 6) is 1.32. The summed E-state index contributed by atoms with van der Waals surface area (Å²) in [6.07, 6.45) is 4.20. The van der Waals surface area contributed by atoms with Gasteiger partial charge in [-0.3, -0.25) is 10.1 Å². The minimum atomic E-state index is -0.207. The van der Waals surface area contributed by atoms with Gasteiger partial charge in [-0.15, -0.1) is 11.3 Å². The van der Waals surface area contributed by atoms with E-state index in [1.807, 2.05) is 4.90 Å². The topological polar surface area (TPSA) is 32.3 Å². The van der Waals surface area contributed by atoms with Crippen LogP contribution in [0.3, 0.4) is 0 Å². The third kappa shape index (κ3) is 1.98. The number of hydrogen-bond donors (Lipinski definition) is 1. The van der Waals surface area contributed by atoms with Crippen molar-refractivity contribution in [3.05, 3.63) is 21.9 Å². The Morgan fingerprint density at radius 3 is 2.89 bits per heavy atom. The third-order valence-electron chi connectivity index (χ3n) is 3.71. The maximum absolute atomic E-state index is 12.4. The number of carbonyl (C=O) groups is 1. The van der Waals surface area contributed by atoms with Crippen molar-refractivity contribution in [3.8, 4) is 0 Å². The molecule has 1 amide bonds. The third-order valence-corrected chi connectivity index (χ3v) is 5.36. The molecule has 1 saturated heterocycles. The van der Waals surface area contributed by atoms with Crippen molar-refractivity contribution >= 4 is 29.0 Å². The first-order chi connectivity index (χ1) is 8.66. The van der Waals surface area contributed by atoms with Gasteiger partial charge in [-0.2, -0.15) is 11.8 Å². The van der Waals surface area contributed by atoms with Crippen molar-refractivity contribution < 1.29 is 4.79 Å². The summed E-state index contributed by atoms with van der Waals surface area (Å²) in [5, 5.41) is 3.56. The Labute approximate surface area is 116 Å². The highest BCUT2D eigenvalue weighted by atomic mass is 32.2. The number of thiophene rings is 1. The first-order valence-corrected chi connectivity index (χ1v) is 8.51. The van der Waals surface area contributed by atoms with Gasteiger partial charge >= 0.3 is 0 Å². The molecule has 3 nitrogen and oxygen atoms in total. The molecular formula is C13H18N2OS2. The zero-order chi connectivity index (χ0) is 12.8. The molecule has 0 bridgehead atoms. The number of hydrogen-bond acceptors (Lipinski definition) is 4. The molecule has 0 radical (unpaired) electrons. The van der Waals surface area contributed by atoms with Crippen LogP contribution in [0.2, 0.25) is 0 Å². The van der Waals surface area contributed by atoms with Crippen molar-refractivity contribution in [2.24, 2.45) is 0 Å². The molecule has 1 aromatic heterocycles. The van der Waals surface area contributed by atoms with Crippen molar-refractivity contribution in [2.45, 2.75) is 31.5 Å². The van der Waals surface area contributed by atoms with E-state index in [0.717, 1.165) is 25.1 Å². The maximum atomic E-state index is 12.4.